The molecule has 1 saturated heterocycles. The van der Waals surface area contributed by atoms with Gasteiger partial charge in [-0.15, -0.1) is 0 Å². The standard InChI is InChI=1S/C47H46BN3O2/c1-45(2)46(3,4)53-48(52-45)41-21-18-37-25-39(15-14-38(37)26-41)44-50-42(35-8-6-5-7-9-35)49-43(51-44)36-12-10-33(11-13-36)34-16-19-40(20-17-34)47-27-30-22-31(28-47)24-32(23-30)29-47/h5-21,25-26,30-32H,22-24,27-29H2,1-4H3/t30-,31+,32-,47?. The van der Waals surface area contributed by atoms with Gasteiger partial charge in [0.1, 0.15) is 0 Å². The van der Waals surface area contributed by atoms with E-state index in [0.717, 1.165) is 50.7 Å². The van der Waals surface area contributed by atoms with Crippen molar-refractivity contribution in [3.8, 4) is 45.3 Å². The average Bonchev–Trinajstić information content (AvgIpc) is 3.40. The Hall–Kier alpha value is -4.65. The second-order valence-corrected chi connectivity index (χ2v) is 17.4. The lowest BCUT2D eigenvalue weighted by molar-refractivity contribution is -0.00518. The molecule has 11 rings (SSSR count). The molecule has 5 nitrogen and oxygen atoms in total. The van der Waals surface area contributed by atoms with Crippen molar-refractivity contribution in [2.75, 3.05) is 0 Å². The van der Waals surface area contributed by atoms with Gasteiger partial charge in [0, 0.05) is 16.7 Å². The lowest BCUT2D eigenvalue weighted by atomic mass is 9.48. The summed E-state index contributed by atoms with van der Waals surface area (Å²) in [7, 11) is -0.402. The van der Waals surface area contributed by atoms with E-state index in [1.165, 1.54) is 49.7 Å². The monoisotopic (exact) mass is 695 g/mol. The SMILES string of the molecule is CC1(C)OB(c2ccc3cc(-c4nc(-c5ccccc5)nc(-c5ccc(-c6ccc(C78C[C@H]9C[C@@H](C7)C[C@@H](C8)C9)cc6)cc5)n4)ccc3c2)OC1(C)C. The zero-order valence-corrected chi connectivity index (χ0v) is 31.2. The van der Waals surface area contributed by atoms with Crippen molar-refractivity contribution in [3.63, 3.8) is 0 Å². The number of nitrogens with zero attached hydrogens (tertiary/aromatic N) is 3. The van der Waals surface area contributed by atoms with Gasteiger partial charge in [-0.1, -0.05) is 109 Å². The molecule has 0 amide bonds. The third-order valence-corrected chi connectivity index (χ3v) is 13.3. The lowest BCUT2D eigenvalue weighted by Crippen LogP contribution is -2.48. The summed E-state index contributed by atoms with van der Waals surface area (Å²) in [6, 6.07) is 41.2. The van der Waals surface area contributed by atoms with Gasteiger partial charge in [0.2, 0.25) is 0 Å². The maximum atomic E-state index is 6.33. The van der Waals surface area contributed by atoms with Gasteiger partial charge in [0.15, 0.2) is 17.5 Å². The Labute approximate surface area is 313 Å². The third-order valence-electron chi connectivity index (χ3n) is 13.3. The Morgan fingerprint density at radius 3 is 1.53 bits per heavy atom. The Kier molecular flexibility index (Phi) is 7.58. The zero-order chi connectivity index (χ0) is 36.0. The van der Waals surface area contributed by atoms with E-state index < -0.39 is 7.12 Å². The van der Waals surface area contributed by atoms with Gasteiger partial charge >= 0.3 is 7.12 Å². The molecule has 6 aromatic rings. The summed E-state index contributed by atoms with van der Waals surface area (Å²) in [5, 5.41) is 2.21. The maximum absolute atomic E-state index is 6.33. The molecular weight excluding hydrogens is 649 g/mol. The van der Waals surface area contributed by atoms with Crippen molar-refractivity contribution >= 4 is 23.4 Å². The topological polar surface area (TPSA) is 57.1 Å². The smallest absolute Gasteiger partial charge is 0.399 e. The van der Waals surface area contributed by atoms with Crippen LogP contribution in [0.3, 0.4) is 0 Å². The van der Waals surface area contributed by atoms with Crippen molar-refractivity contribution in [1.82, 2.24) is 15.0 Å². The molecule has 5 fully saturated rings. The van der Waals surface area contributed by atoms with Gasteiger partial charge in [0.05, 0.1) is 11.2 Å². The minimum atomic E-state index is -0.402. The molecule has 5 aromatic carbocycles. The molecule has 0 N–H and O–H groups in total. The maximum Gasteiger partial charge on any atom is 0.494 e. The van der Waals surface area contributed by atoms with Crippen LogP contribution in [0.5, 0.6) is 0 Å². The molecule has 264 valence electrons. The first-order valence-electron chi connectivity index (χ1n) is 19.5. The van der Waals surface area contributed by atoms with Crippen molar-refractivity contribution in [2.24, 2.45) is 17.8 Å². The molecule has 0 unspecified atom stereocenters. The Bertz CT molecular complexity index is 2280. The summed E-state index contributed by atoms with van der Waals surface area (Å²) < 4.78 is 12.7. The number of fused-ring (bicyclic) bond motifs is 1. The summed E-state index contributed by atoms with van der Waals surface area (Å²) in [5.74, 6) is 4.83. The fourth-order valence-corrected chi connectivity index (χ4v) is 10.2. The molecule has 53 heavy (non-hydrogen) atoms. The first kappa shape index (κ1) is 33.0. The highest BCUT2D eigenvalue weighted by Crippen LogP contribution is 2.60. The van der Waals surface area contributed by atoms with E-state index in [1.807, 2.05) is 18.2 Å². The van der Waals surface area contributed by atoms with Gasteiger partial charge in [-0.3, -0.25) is 0 Å². The van der Waals surface area contributed by atoms with Crippen LogP contribution in [0, 0.1) is 17.8 Å². The zero-order valence-electron chi connectivity index (χ0n) is 31.2. The molecular formula is C47H46BN3O2. The number of aromatic nitrogens is 3. The first-order chi connectivity index (χ1) is 25.6. The average molecular weight is 696 g/mol. The Morgan fingerprint density at radius 2 is 0.943 bits per heavy atom. The van der Waals surface area contributed by atoms with Crippen LogP contribution >= 0.6 is 0 Å². The number of rotatable bonds is 6. The molecule has 0 atom stereocenters. The van der Waals surface area contributed by atoms with Crippen molar-refractivity contribution in [1.29, 1.82) is 0 Å². The van der Waals surface area contributed by atoms with Gasteiger partial charge in [0.25, 0.3) is 0 Å². The van der Waals surface area contributed by atoms with Crippen LogP contribution in [-0.4, -0.2) is 33.3 Å². The van der Waals surface area contributed by atoms with E-state index in [-0.39, 0.29) is 11.2 Å². The minimum absolute atomic E-state index is 0.386. The molecule has 1 aromatic heterocycles. The van der Waals surface area contributed by atoms with Crippen LogP contribution in [0.4, 0.5) is 0 Å². The van der Waals surface area contributed by atoms with Gasteiger partial charge in [-0.05, 0) is 128 Å². The van der Waals surface area contributed by atoms with Crippen LogP contribution in [0.2, 0.25) is 0 Å². The van der Waals surface area contributed by atoms with Crippen LogP contribution in [-0.2, 0) is 14.7 Å². The number of benzene rings is 5. The molecule has 5 aliphatic rings. The predicted octanol–water partition coefficient (Wildman–Crippen LogP) is 10.5. The lowest BCUT2D eigenvalue weighted by Gasteiger charge is -2.57. The van der Waals surface area contributed by atoms with E-state index in [2.05, 4.69) is 125 Å². The Morgan fingerprint density at radius 1 is 0.491 bits per heavy atom. The molecule has 4 aliphatic carbocycles. The van der Waals surface area contributed by atoms with Crippen LogP contribution in [0.25, 0.3) is 56.1 Å². The molecule has 1 aliphatic heterocycles. The van der Waals surface area contributed by atoms with Crippen molar-refractivity contribution in [3.05, 3.63) is 121 Å². The van der Waals surface area contributed by atoms with Crippen LogP contribution < -0.4 is 5.46 Å². The minimum Gasteiger partial charge on any atom is -0.399 e. The van der Waals surface area contributed by atoms with Gasteiger partial charge in [-0.2, -0.15) is 0 Å². The number of hydrogen-bond acceptors (Lipinski definition) is 5. The van der Waals surface area contributed by atoms with E-state index in [4.69, 9.17) is 24.3 Å². The molecule has 4 saturated carbocycles. The highest BCUT2D eigenvalue weighted by Gasteiger charge is 2.52. The second-order valence-electron chi connectivity index (χ2n) is 17.4. The predicted molar refractivity (Wildman–Crippen MR) is 215 cm³/mol. The summed E-state index contributed by atoms with van der Waals surface area (Å²) in [6.07, 6.45) is 8.63. The Balaban J connectivity index is 0.947. The van der Waals surface area contributed by atoms with E-state index in [9.17, 15) is 0 Å². The van der Waals surface area contributed by atoms with E-state index in [0.29, 0.717) is 22.9 Å². The van der Waals surface area contributed by atoms with Crippen LogP contribution in [0.15, 0.2) is 115 Å². The summed E-state index contributed by atoms with van der Waals surface area (Å²) in [4.78, 5) is 15.1. The van der Waals surface area contributed by atoms with Gasteiger partial charge < -0.3 is 9.31 Å². The summed E-state index contributed by atoms with van der Waals surface area (Å²) in [5.41, 5.74) is 7.56. The largest absolute Gasteiger partial charge is 0.494 e. The highest BCUT2D eigenvalue weighted by atomic mass is 16.7. The van der Waals surface area contributed by atoms with E-state index >= 15 is 0 Å². The fourth-order valence-electron chi connectivity index (χ4n) is 10.2. The molecule has 4 bridgehead atoms. The molecule has 0 radical (unpaired) electrons. The van der Waals surface area contributed by atoms with E-state index in [1.54, 1.807) is 5.56 Å². The fraction of sp³-hybridized carbons (Fsp3) is 0.340. The van der Waals surface area contributed by atoms with Crippen molar-refractivity contribution < 1.29 is 9.31 Å². The molecule has 2 heterocycles. The molecule has 6 heteroatoms. The molecule has 0 spiro atoms. The first-order valence-corrected chi connectivity index (χ1v) is 19.5. The van der Waals surface area contributed by atoms with Gasteiger partial charge in [-0.25, -0.2) is 15.0 Å². The summed E-state index contributed by atoms with van der Waals surface area (Å²) in [6.45, 7) is 8.34. The highest BCUT2D eigenvalue weighted by molar-refractivity contribution is 6.62. The number of hydrogen-bond donors (Lipinski definition) is 0. The van der Waals surface area contributed by atoms with Crippen molar-refractivity contribution in [2.45, 2.75) is 82.8 Å². The normalized spacial score (nSPS) is 25.3. The third kappa shape index (κ3) is 5.82. The summed E-state index contributed by atoms with van der Waals surface area (Å²) >= 11 is 0. The second kappa shape index (κ2) is 12.2. The van der Waals surface area contributed by atoms with Crippen LogP contribution in [0.1, 0.15) is 71.8 Å². The quantitative estimate of drug-likeness (QED) is 0.162.